The molecule has 1 unspecified atom stereocenters. The molecule has 1 aliphatic heterocycles. The summed E-state index contributed by atoms with van der Waals surface area (Å²) in [6.07, 6.45) is 0. The van der Waals surface area contributed by atoms with Crippen LogP contribution in [0, 0.1) is 0 Å². The zero-order valence-electron chi connectivity index (χ0n) is 17.3. The average Bonchev–Trinajstić information content (AvgIpc) is 2.75. The van der Waals surface area contributed by atoms with Crippen LogP contribution in [0.5, 0.6) is 11.5 Å². The number of likely N-dealkylation sites (N-methyl/N-ethyl adjacent to an activating group) is 1. The molecule has 8 heteroatoms. The monoisotopic (exact) mass is 453 g/mol. The summed E-state index contributed by atoms with van der Waals surface area (Å²) in [7, 11) is 3.71. The predicted octanol–water partition coefficient (Wildman–Crippen LogP) is 3.25. The molecule has 2 aromatic rings. The fraction of sp³-hybridized carbons (Fsp3) is 0.409. The number of para-hydroxylation sites is 2. The van der Waals surface area contributed by atoms with Crippen LogP contribution in [0.3, 0.4) is 0 Å². The third kappa shape index (κ3) is 6.77. The number of hydrogen-bond donors (Lipinski definition) is 1. The predicted molar refractivity (Wildman–Crippen MR) is 122 cm³/mol. The van der Waals surface area contributed by atoms with Gasteiger partial charge in [-0.15, -0.1) is 12.4 Å². The molecule has 164 valence electrons. The lowest BCUT2D eigenvalue weighted by Crippen LogP contribution is -2.48. The first kappa shape index (κ1) is 24.3. The molecule has 1 atom stereocenters. The van der Waals surface area contributed by atoms with Crippen LogP contribution in [0.2, 0.25) is 5.02 Å². The van der Waals surface area contributed by atoms with Gasteiger partial charge in [-0.2, -0.15) is 0 Å². The van der Waals surface area contributed by atoms with Gasteiger partial charge in [-0.05, 0) is 36.9 Å². The molecule has 3 rings (SSSR count). The first-order chi connectivity index (χ1) is 14.1. The van der Waals surface area contributed by atoms with E-state index in [1.807, 2.05) is 36.4 Å². The van der Waals surface area contributed by atoms with Crippen molar-refractivity contribution in [2.75, 3.05) is 53.5 Å². The highest BCUT2D eigenvalue weighted by Gasteiger charge is 2.24. The van der Waals surface area contributed by atoms with E-state index in [0.29, 0.717) is 23.1 Å². The van der Waals surface area contributed by atoms with Gasteiger partial charge < -0.3 is 19.7 Å². The number of methoxy groups -OCH3 is 1. The van der Waals surface area contributed by atoms with Gasteiger partial charge in [-0.3, -0.25) is 9.69 Å². The number of nitrogens with one attached hydrogen (secondary N) is 1. The molecule has 0 bridgehead atoms. The van der Waals surface area contributed by atoms with Crippen molar-refractivity contribution in [1.29, 1.82) is 0 Å². The second kappa shape index (κ2) is 12.0. The summed E-state index contributed by atoms with van der Waals surface area (Å²) < 4.78 is 10.9. The quantitative estimate of drug-likeness (QED) is 0.664. The van der Waals surface area contributed by atoms with E-state index >= 15 is 0 Å². The Labute approximate surface area is 189 Å². The summed E-state index contributed by atoms with van der Waals surface area (Å²) in [4.78, 5) is 17.1. The molecule has 0 aliphatic carbocycles. The van der Waals surface area contributed by atoms with Crippen molar-refractivity contribution < 1.29 is 14.3 Å². The number of nitrogens with zero attached hydrogens (tertiary/aromatic N) is 2. The smallest absolute Gasteiger partial charge is 0.258 e. The molecule has 1 amide bonds. The summed E-state index contributed by atoms with van der Waals surface area (Å²) in [5.41, 5.74) is 1.14. The Hall–Kier alpha value is -1.99. The molecule has 1 heterocycles. The molecule has 0 aromatic heterocycles. The second-order valence-electron chi connectivity index (χ2n) is 7.15. The van der Waals surface area contributed by atoms with E-state index in [-0.39, 0.29) is 31.0 Å². The first-order valence-corrected chi connectivity index (χ1v) is 10.1. The number of halogens is 2. The Morgan fingerprint density at radius 2 is 1.70 bits per heavy atom. The Morgan fingerprint density at radius 3 is 2.33 bits per heavy atom. The van der Waals surface area contributed by atoms with Crippen LogP contribution in [0.25, 0.3) is 0 Å². The van der Waals surface area contributed by atoms with Gasteiger partial charge in [-0.1, -0.05) is 35.9 Å². The number of carbonyl (C=O) groups is 1. The minimum absolute atomic E-state index is 0. The van der Waals surface area contributed by atoms with Crippen LogP contribution in [-0.2, 0) is 4.79 Å². The average molecular weight is 454 g/mol. The van der Waals surface area contributed by atoms with Crippen molar-refractivity contribution >= 4 is 29.9 Å². The van der Waals surface area contributed by atoms with Crippen LogP contribution < -0.4 is 14.8 Å². The highest BCUT2D eigenvalue weighted by atomic mass is 35.5. The molecule has 0 radical (unpaired) electrons. The zero-order valence-corrected chi connectivity index (χ0v) is 18.9. The standard InChI is InChI=1S/C22H28ClN3O3.ClH/c1-25-11-13-26(14-12-25)19(17-7-9-18(23)10-8-17)15-24-22(27)16-29-21-6-4-3-5-20(21)28-2;/h3-10,19H,11-16H2,1-2H3,(H,24,27);1H. The SMILES string of the molecule is COc1ccccc1OCC(=O)NCC(c1ccc(Cl)cc1)N1CCN(C)CC1.Cl. The van der Waals surface area contributed by atoms with Crippen molar-refractivity contribution in [2.45, 2.75) is 6.04 Å². The Morgan fingerprint density at radius 1 is 1.07 bits per heavy atom. The Balaban J connectivity index is 0.00000320. The molecule has 1 N–H and O–H groups in total. The Bertz CT molecular complexity index is 796. The number of carbonyl (C=O) groups excluding carboxylic acids is 1. The topological polar surface area (TPSA) is 54.0 Å². The van der Waals surface area contributed by atoms with Crippen molar-refractivity contribution in [2.24, 2.45) is 0 Å². The minimum Gasteiger partial charge on any atom is -0.493 e. The lowest BCUT2D eigenvalue weighted by molar-refractivity contribution is -0.123. The summed E-state index contributed by atoms with van der Waals surface area (Å²) in [5, 5.41) is 3.73. The lowest BCUT2D eigenvalue weighted by atomic mass is 10.0. The van der Waals surface area contributed by atoms with E-state index in [1.54, 1.807) is 19.2 Å². The number of hydrogen-bond acceptors (Lipinski definition) is 5. The molecule has 0 saturated carbocycles. The van der Waals surface area contributed by atoms with Gasteiger partial charge in [0, 0.05) is 37.7 Å². The largest absolute Gasteiger partial charge is 0.493 e. The van der Waals surface area contributed by atoms with Crippen LogP contribution >= 0.6 is 24.0 Å². The third-order valence-electron chi connectivity index (χ3n) is 5.15. The van der Waals surface area contributed by atoms with Crippen molar-refractivity contribution in [3.05, 3.63) is 59.1 Å². The van der Waals surface area contributed by atoms with Crippen LogP contribution in [0.4, 0.5) is 0 Å². The van der Waals surface area contributed by atoms with E-state index < -0.39 is 0 Å². The van der Waals surface area contributed by atoms with Crippen LogP contribution in [-0.4, -0.2) is 69.2 Å². The fourth-order valence-electron chi connectivity index (χ4n) is 3.42. The van der Waals surface area contributed by atoms with Crippen molar-refractivity contribution in [1.82, 2.24) is 15.1 Å². The summed E-state index contributed by atoms with van der Waals surface area (Å²) in [6, 6.07) is 15.2. The summed E-state index contributed by atoms with van der Waals surface area (Å²) in [5.74, 6) is 0.999. The van der Waals surface area contributed by atoms with E-state index in [2.05, 4.69) is 22.2 Å². The van der Waals surface area contributed by atoms with E-state index in [9.17, 15) is 4.79 Å². The molecule has 0 spiro atoms. The number of amides is 1. The molecule has 1 fully saturated rings. The van der Waals surface area contributed by atoms with Crippen molar-refractivity contribution in [3.8, 4) is 11.5 Å². The zero-order chi connectivity index (χ0) is 20.6. The third-order valence-corrected chi connectivity index (χ3v) is 5.41. The molecular weight excluding hydrogens is 425 g/mol. The number of benzene rings is 2. The fourth-order valence-corrected chi connectivity index (χ4v) is 3.55. The molecule has 6 nitrogen and oxygen atoms in total. The summed E-state index contributed by atoms with van der Waals surface area (Å²) >= 11 is 6.06. The van der Waals surface area contributed by atoms with Gasteiger partial charge >= 0.3 is 0 Å². The first-order valence-electron chi connectivity index (χ1n) is 9.77. The maximum absolute atomic E-state index is 12.4. The van der Waals surface area contributed by atoms with Gasteiger partial charge in [0.1, 0.15) is 0 Å². The van der Waals surface area contributed by atoms with Gasteiger partial charge in [0.05, 0.1) is 13.2 Å². The number of rotatable bonds is 8. The van der Waals surface area contributed by atoms with Crippen molar-refractivity contribution in [3.63, 3.8) is 0 Å². The Kier molecular flexibility index (Phi) is 9.72. The second-order valence-corrected chi connectivity index (χ2v) is 7.59. The highest BCUT2D eigenvalue weighted by Crippen LogP contribution is 2.26. The van der Waals surface area contributed by atoms with Gasteiger partial charge in [0.15, 0.2) is 18.1 Å². The molecule has 1 aliphatic rings. The highest BCUT2D eigenvalue weighted by molar-refractivity contribution is 6.30. The van der Waals surface area contributed by atoms with E-state index in [1.165, 1.54) is 0 Å². The van der Waals surface area contributed by atoms with E-state index in [4.69, 9.17) is 21.1 Å². The maximum Gasteiger partial charge on any atom is 0.258 e. The van der Waals surface area contributed by atoms with Crippen LogP contribution in [0.15, 0.2) is 48.5 Å². The van der Waals surface area contributed by atoms with E-state index in [0.717, 1.165) is 31.7 Å². The minimum atomic E-state index is -0.163. The van der Waals surface area contributed by atoms with Crippen LogP contribution in [0.1, 0.15) is 11.6 Å². The molecule has 2 aromatic carbocycles. The summed E-state index contributed by atoms with van der Waals surface area (Å²) in [6.45, 7) is 4.38. The molecule has 30 heavy (non-hydrogen) atoms. The molecule has 1 saturated heterocycles. The van der Waals surface area contributed by atoms with Gasteiger partial charge in [-0.25, -0.2) is 0 Å². The molecular formula is C22H29Cl2N3O3. The maximum atomic E-state index is 12.4. The van der Waals surface area contributed by atoms with Gasteiger partial charge in [0.25, 0.3) is 5.91 Å². The lowest BCUT2D eigenvalue weighted by Gasteiger charge is -2.38. The van der Waals surface area contributed by atoms with Gasteiger partial charge in [0.2, 0.25) is 0 Å². The normalized spacial score (nSPS) is 15.7. The number of piperazine rings is 1. The number of ether oxygens (including phenoxy) is 2.